The zero-order chi connectivity index (χ0) is 14.5. The van der Waals surface area contributed by atoms with E-state index < -0.39 is 11.6 Å². The zero-order valence-corrected chi connectivity index (χ0v) is 12.3. The molecule has 20 heavy (non-hydrogen) atoms. The summed E-state index contributed by atoms with van der Waals surface area (Å²) in [6.07, 6.45) is 2.30. The van der Waals surface area contributed by atoms with Crippen molar-refractivity contribution >= 4 is 0 Å². The van der Waals surface area contributed by atoms with Crippen LogP contribution in [0, 0.1) is 17.6 Å². The molecule has 1 unspecified atom stereocenters. The normalized spacial score (nSPS) is 19.9. The van der Waals surface area contributed by atoms with Crippen molar-refractivity contribution < 1.29 is 8.78 Å². The number of hydrogen-bond acceptors (Lipinski definition) is 2. The highest BCUT2D eigenvalue weighted by Crippen LogP contribution is 2.21. The van der Waals surface area contributed by atoms with Crippen molar-refractivity contribution in [3.05, 3.63) is 35.4 Å². The molecule has 112 valence electrons. The maximum atomic E-state index is 13.7. The van der Waals surface area contributed by atoms with Gasteiger partial charge in [0, 0.05) is 30.8 Å². The predicted molar refractivity (Wildman–Crippen MR) is 77.5 cm³/mol. The SMILES string of the molecule is CC(C)CNCC1CCCN1Cc1ccc(F)cc1F. The molecule has 0 bridgehead atoms. The molecule has 1 saturated heterocycles. The summed E-state index contributed by atoms with van der Waals surface area (Å²) in [5.41, 5.74) is 0.585. The lowest BCUT2D eigenvalue weighted by molar-refractivity contribution is 0.234. The van der Waals surface area contributed by atoms with Crippen LogP contribution in [-0.4, -0.2) is 30.6 Å². The minimum absolute atomic E-state index is 0.439. The second-order valence-corrected chi connectivity index (χ2v) is 6.05. The average molecular weight is 282 g/mol. The zero-order valence-electron chi connectivity index (χ0n) is 12.3. The van der Waals surface area contributed by atoms with Gasteiger partial charge >= 0.3 is 0 Å². The summed E-state index contributed by atoms with van der Waals surface area (Å²) in [6, 6.07) is 4.32. The maximum Gasteiger partial charge on any atom is 0.130 e. The van der Waals surface area contributed by atoms with Crippen LogP contribution in [0.3, 0.4) is 0 Å². The monoisotopic (exact) mass is 282 g/mol. The summed E-state index contributed by atoms with van der Waals surface area (Å²) >= 11 is 0. The van der Waals surface area contributed by atoms with Gasteiger partial charge in [0.05, 0.1) is 0 Å². The highest BCUT2D eigenvalue weighted by atomic mass is 19.1. The van der Waals surface area contributed by atoms with E-state index in [1.165, 1.54) is 6.07 Å². The van der Waals surface area contributed by atoms with E-state index in [0.29, 0.717) is 24.1 Å². The highest BCUT2D eigenvalue weighted by molar-refractivity contribution is 5.18. The quantitative estimate of drug-likeness (QED) is 0.862. The molecule has 1 aliphatic rings. The van der Waals surface area contributed by atoms with Gasteiger partial charge in [-0.25, -0.2) is 8.78 Å². The Kier molecular flexibility index (Phi) is 5.49. The van der Waals surface area contributed by atoms with Crippen molar-refractivity contribution in [2.24, 2.45) is 5.92 Å². The second-order valence-electron chi connectivity index (χ2n) is 6.05. The molecule has 1 aromatic rings. The fraction of sp³-hybridized carbons (Fsp3) is 0.625. The van der Waals surface area contributed by atoms with Crippen molar-refractivity contribution in [3.8, 4) is 0 Å². The van der Waals surface area contributed by atoms with Crippen molar-refractivity contribution in [2.75, 3.05) is 19.6 Å². The van der Waals surface area contributed by atoms with Gasteiger partial charge in [0.2, 0.25) is 0 Å². The highest BCUT2D eigenvalue weighted by Gasteiger charge is 2.24. The third kappa shape index (κ3) is 4.25. The smallest absolute Gasteiger partial charge is 0.130 e. The summed E-state index contributed by atoms with van der Waals surface area (Å²) in [7, 11) is 0. The Bertz CT molecular complexity index is 434. The molecule has 1 fully saturated rings. The number of rotatable bonds is 6. The number of hydrogen-bond donors (Lipinski definition) is 1. The van der Waals surface area contributed by atoms with Gasteiger partial charge in [0.1, 0.15) is 11.6 Å². The number of likely N-dealkylation sites (tertiary alicyclic amines) is 1. The molecule has 0 aromatic heterocycles. The summed E-state index contributed by atoms with van der Waals surface area (Å²) in [4.78, 5) is 2.30. The molecule has 4 heteroatoms. The maximum absolute atomic E-state index is 13.7. The van der Waals surface area contributed by atoms with Crippen LogP contribution in [-0.2, 0) is 6.54 Å². The van der Waals surface area contributed by atoms with Crippen LogP contribution >= 0.6 is 0 Å². The van der Waals surface area contributed by atoms with Gasteiger partial charge in [0.15, 0.2) is 0 Å². The molecule has 1 aliphatic heterocycles. The lowest BCUT2D eigenvalue weighted by Crippen LogP contribution is -2.38. The first-order chi connectivity index (χ1) is 9.56. The molecule has 0 amide bonds. The van der Waals surface area contributed by atoms with E-state index in [9.17, 15) is 8.78 Å². The van der Waals surface area contributed by atoms with Gasteiger partial charge in [-0.1, -0.05) is 19.9 Å². The van der Waals surface area contributed by atoms with Gasteiger partial charge < -0.3 is 5.32 Å². The molecule has 1 N–H and O–H groups in total. The summed E-state index contributed by atoms with van der Waals surface area (Å²) < 4.78 is 26.6. The van der Waals surface area contributed by atoms with Gasteiger partial charge in [-0.2, -0.15) is 0 Å². The van der Waals surface area contributed by atoms with Crippen LogP contribution in [0.2, 0.25) is 0 Å². The lowest BCUT2D eigenvalue weighted by atomic mass is 10.1. The minimum atomic E-state index is -0.511. The number of nitrogens with one attached hydrogen (secondary N) is 1. The van der Waals surface area contributed by atoms with Crippen LogP contribution < -0.4 is 5.32 Å². The largest absolute Gasteiger partial charge is 0.315 e. The van der Waals surface area contributed by atoms with Gasteiger partial charge in [-0.05, 0) is 37.9 Å². The van der Waals surface area contributed by atoms with Crippen LogP contribution in [0.4, 0.5) is 8.78 Å². The molecule has 0 saturated carbocycles. The molecule has 1 atom stereocenters. The molecule has 2 nitrogen and oxygen atoms in total. The first-order valence-electron chi connectivity index (χ1n) is 7.45. The van der Waals surface area contributed by atoms with Gasteiger partial charge in [0.25, 0.3) is 0 Å². The first-order valence-corrected chi connectivity index (χ1v) is 7.45. The summed E-state index contributed by atoms with van der Waals surface area (Å²) in [5.74, 6) is -0.312. The average Bonchev–Trinajstić information content (AvgIpc) is 2.80. The minimum Gasteiger partial charge on any atom is -0.315 e. The Morgan fingerprint density at radius 3 is 2.85 bits per heavy atom. The van der Waals surface area contributed by atoms with E-state index in [1.807, 2.05) is 0 Å². The molecule has 0 radical (unpaired) electrons. The number of halogens is 2. The van der Waals surface area contributed by atoms with Crippen LogP contribution in [0.25, 0.3) is 0 Å². The van der Waals surface area contributed by atoms with Crippen molar-refractivity contribution in [2.45, 2.75) is 39.3 Å². The molecule has 1 aromatic carbocycles. The van der Waals surface area contributed by atoms with Crippen molar-refractivity contribution in [3.63, 3.8) is 0 Å². The van der Waals surface area contributed by atoms with E-state index in [1.54, 1.807) is 6.07 Å². The fourth-order valence-electron chi connectivity index (χ4n) is 2.74. The van der Waals surface area contributed by atoms with E-state index in [2.05, 4.69) is 24.1 Å². The van der Waals surface area contributed by atoms with E-state index in [-0.39, 0.29) is 0 Å². The van der Waals surface area contributed by atoms with Crippen molar-refractivity contribution in [1.29, 1.82) is 0 Å². The molecule has 0 aliphatic carbocycles. The molecule has 1 heterocycles. The third-order valence-corrected chi connectivity index (χ3v) is 3.82. The topological polar surface area (TPSA) is 15.3 Å². The van der Waals surface area contributed by atoms with Crippen LogP contribution in [0.1, 0.15) is 32.3 Å². The predicted octanol–water partition coefficient (Wildman–Crippen LogP) is 3.17. The van der Waals surface area contributed by atoms with Gasteiger partial charge in [-0.3, -0.25) is 4.90 Å². The first kappa shape index (κ1) is 15.4. The van der Waals surface area contributed by atoms with Crippen LogP contribution in [0.5, 0.6) is 0 Å². The van der Waals surface area contributed by atoms with E-state index in [4.69, 9.17) is 0 Å². The van der Waals surface area contributed by atoms with Crippen molar-refractivity contribution in [1.82, 2.24) is 10.2 Å². The molecule has 0 spiro atoms. The fourth-order valence-corrected chi connectivity index (χ4v) is 2.74. The lowest BCUT2D eigenvalue weighted by Gasteiger charge is -2.25. The summed E-state index contributed by atoms with van der Waals surface area (Å²) in [5, 5.41) is 3.47. The van der Waals surface area contributed by atoms with Gasteiger partial charge in [-0.15, -0.1) is 0 Å². The number of nitrogens with zero attached hydrogens (tertiary/aromatic N) is 1. The Morgan fingerprint density at radius 1 is 1.35 bits per heavy atom. The third-order valence-electron chi connectivity index (χ3n) is 3.82. The van der Waals surface area contributed by atoms with Crippen LogP contribution in [0.15, 0.2) is 18.2 Å². The standard InChI is InChI=1S/C16H24F2N2/c1-12(2)9-19-10-15-4-3-7-20(15)11-13-5-6-14(17)8-16(13)18/h5-6,8,12,15,19H,3-4,7,9-11H2,1-2H3. The molecular formula is C16H24F2N2. The molecule has 2 rings (SSSR count). The second kappa shape index (κ2) is 7.14. The van der Waals surface area contributed by atoms with E-state index in [0.717, 1.165) is 38.5 Å². The molecular weight excluding hydrogens is 258 g/mol. The van der Waals surface area contributed by atoms with E-state index >= 15 is 0 Å². The number of benzene rings is 1. The Hall–Kier alpha value is -1.00. The Labute approximate surface area is 120 Å². The summed E-state index contributed by atoms with van der Waals surface area (Å²) in [6.45, 7) is 7.89. The Balaban J connectivity index is 1.90. The Morgan fingerprint density at radius 2 is 2.15 bits per heavy atom.